The number of carboxylic acids is 2. The van der Waals surface area contributed by atoms with Gasteiger partial charge in [0.05, 0.1) is 14.2 Å². The number of carbonyl (C=O) groups excluding carboxylic acids is 1. The van der Waals surface area contributed by atoms with Gasteiger partial charge in [0.25, 0.3) is 0 Å². The molecule has 180 valence electrons. The van der Waals surface area contributed by atoms with Crippen LogP contribution in [0.15, 0.2) is 18.2 Å². The number of benzene rings is 1. The Balaban J connectivity index is 0.000000751. The van der Waals surface area contributed by atoms with E-state index in [2.05, 4.69) is 10.2 Å². The van der Waals surface area contributed by atoms with Gasteiger partial charge in [-0.05, 0) is 57.5 Å². The average molecular weight is 455 g/mol. The summed E-state index contributed by atoms with van der Waals surface area (Å²) in [6.45, 7) is 6.74. The molecule has 0 bridgehead atoms. The fraction of sp³-hybridized carbons (Fsp3) is 0.591. The number of rotatable bonds is 10. The van der Waals surface area contributed by atoms with Crippen LogP contribution in [0.1, 0.15) is 31.7 Å². The molecule has 1 aromatic rings. The Morgan fingerprint density at radius 1 is 1.09 bits per heavy atom. The summed E-state index contributed by atoms with van der Waals surface area (Å²) >= 11 is 0. The van der Waals surface area contributed by atoms with Gasteiger partial charge in [-0.15, -0.1) is 0 Å². The molecule has 10 nitrogen and oxygen atoms in total. The monoisotopic (exact) mass is 454 g/mol. The SMILES string of the molecule is CCOCCCNC(=O)C1CCN(Cc2cc(OC)ccc2OC)CC1.O=C(O)C(=O)O. The number of hydrogen-bond acceptors (Lipinski definition) is 7. The first-order valence-electron chi connectivity index (χ1n) is 10.6. The van der Waals surface area contributed by atoms with Crippen molar-refractivity contribution >= 4 is 17.8 Å². The first kappa shape index (κ1) is 27.2. The summed E-state index contributed by atoms with van der Waals surface area (Å²) in [5, 5.41) is 17.8. The highest BCUT2D eigenvalue weighted by Crippen LogP contribution is 2.27. The molecule has 1 amide bonds. The highest BCUT2D eigenvalue weighted by atomic mass is 16.5. The molecule has 1 heterocycles. The third-order valence-corrected chi connectivity index (χ3v) is 4.99. The van der Waals surface area contributed by atoms with E-state index in [9.17, 15) is 4.79 Å². The molecule has 1 aliphatic rings. The highest BCUT2D eigenvalue weighted by molar-refractivity contribution is 6.27. The molecule has 1 saturated heterocycles. The van der Waals surface area contributed by atoms with Crippen molar-refractivity contribution in [1.82, 2.24) is 10.2 Å². The molecule has 32 heavy (non-hydrogen) atoms. The van der Waals surface area contributed by atoms with E-state index in [4.69, 9.17) is 34.0 Å². The summed E-state index contributed by atoms with van der Waals surface area (Å²) in [5.41, 5.74) is 1.12. The number of carboxylic acid groups (broad SMARTS) is 2. The highest BCUT2D eigenvalue weighted by Gasteiger charge is 2.25. The summed E-state index contributed by atoms with van der Waals surface area (Å²) < 4.78 is 16.1. The van der Waals surface area contributed by atoms with Gasteiger partial charge >= 0.3 is 11.9 Å². The predicted molar refractivity (Wildman–Crippen MR) is 117 cm³/mol. The second kappa shape index (κ2) is 15.0. The lowest BCUT2D eigenvalue weighted by Gasteiger charge is -2.31. The molecular formula is C22H34N2O8. The Labute approximate surface area is 188 Å². The number of amides is 1. The molecule has 1 fully saturated rings. The molecular weight excluding hydrogens is 420 g/mol. The topological polar surface area (TPSA) is 135 Å². The molecule has 0 atom stereocenters. The smallest absolute Gasteiger partial charge is 0.414 e. The average Bonchev–Trinajstić information content (AvgIpc) is 2.79. The number of hydrogen-bond donors (Lipinski definition) is 3. The zero-order chi connectivity index (χ0) is 23.9. The van der Waals surface area contributed by atoms with E-state index < -0.39 is 11.9 Å². The maximum absolute atomic E-state index is 12.3. The van der Waals surface area contributed by atoms with Gasteiger partial charge in [0.1, 0.15) is 11.5 Å². The van der Waals surface area contributed by atoms with Crippen LogP contribution in [-0.2, 0) is 25.7 Å². The van der Waals surface area contributed by atoms with Crippen LogP contribution in [-0.4, -0.2) is 80.0 Å². The number of nitrogens with zero attached hydrogens (tertiary/aromatic N) is 1. The molecule has 0 saturated carbocycles. The quantitative estimate of drug-likeness (QED) is 0.356. The summed E-state index contributed by atoms with van der Waals surface area (Å²) in [6, 6.07) is 5.87. The lowest BCUT2D eigenvalue weighted by atomic mass is 9.95. The lowest BCUT2D eigenvalue weighted by molar-refractivity contribution is -0.159. The van der Waals surface area contributed by atoms with Crippen molar-refractivity contribution in [1.29, 1.82) is 0 Å². The largest absolute Gasteiger partial charge is 0.497 e. The molecule has 0 radical (unpaired) electrons. The van der Waals surface area contributed by atoms with Gasteiger partial charge in [-0.1, -0.05) is 0 Å². The maximum atomic E-state index is 12.3. The van der Waals surface area contributed by atoms with Gasteiger partial charge < -0.3 is 29.7 Å². The summed E-state index contributed by atoms with van der Waals surface area (Å²) in [4.78, 5) is 32.8. The molecule has 0 aromatic heterocycles. The van der Waals surface area contributed by atoms with E-state index in [1.165, 1.54) is 0 Å². The van der Waals surface area contributed by atoms with Gasteiger partial charge in [-0.25, -0.2) is 9.59 Å². The van der Waals surface area contributed by atoms with Crippen molar-refractivity contribution in [3.8, 4) is 11.5 Å². The third-order valence-electron chi connectivity index (χ3n) is 4.99. The Morgan fingerprint density at radius 2 is 1.75 bits per heavy atom. The number of piperidine rings is 1. The predicted octanol–water partition coefficient (Wildman–Crippen LogP) is 1.61. The zero-order valence-electron chi connectivity index (χ0n) is 19.0. The van der Waals surface area contributed by atoms with E-state index in [-0.39, 0.29) is 11.8 Å². The zero-order valence-corrected chi connectivity index (χ0v) is 19.0. The number of nitrogens with one attached hydrogen (secondary N) is 1. The molecule has 0 aliphatic carbocycles. The van der Waals surface area contributed by atoms with Gasteiger partial charge in [0, 0.05) is 37.8 Å². The van der Waals surface area contributed by atoms with Crippen LogP contribution in [0, 0.1) is 5.92 Å². The van der Waals surface area contributed by atoms with E-state index in [1.54, 1.807) is 14.2 Å². The second-order valence-electron chi connectivity index (χ2n) is 7.18. The normalized spacial score (nSPS) is 14.1. The van der Waals surface area contributed by atoms with Crippen molar-refractivity contribution in [2.75, 3.05) is 47.1 Å². The Hall–Kier alpha value is -2.85. The van der Waals surface area contributed by atoms with Crippen LogP contribution in [0.3, 0.4) is 0 Å². The summed E-state index contributed by atoms with van der Waals surface area (Å²) in [7, 11) is 3.36. The first-order valence-corrected chi connectivity index (χ1v) is 10.6. The van der Waals surface area contributed by atoms with Crippen LogP contribution in [0.2, 0.25) is 0 Å². The van der Waals surface area contributed by atoms with Gasteiger partial charge in [0.15, 0.2) is 0 Å². The minimum atomic E-state index is -1.82. The number of ether oxygens (including phenoxy) is 3. The van der Waals surface area contributed by atoms with E-state index in [0.29, 0.717) is 13.2 Å². The van der Waals surface area contributed by atoms with Crippen LogP contribution >= 0.6 is 0 Å². The molecule has 0 spiro atoms. The fourth-order valence-corrected chi connectivity index (χ4v) is 3.27. The van der Waals surface area contributed by atoms with Crippen LogP contribution in [0.5, 0.6) is 11.5 Å². The van der Waals surface area contributed by atoms with Crippen molar-refractivity contribution in [3.63, 3.8) is 0 Å². The molecule has 0 unspecified atom stereocenters. The molecule has 1 aliphatic heterocycles. The van der Waals surface area contributed by atoms with Crippen LogP contribution in [0.25, 0.3) is 0 Å². The van der Waals surface area contributed by atoms with Gasteiger partial charge in [-0.3, -0.25) is 9.69 Å². The lowest BCUT2D eigenvalue weighted by Crippen LogP contribution is -2.40. The van der Waals surface area contributed by atoms with Crippen LogP contribution in [0.4, 0.5) is 0 Å². The standard InChI is InChI=1S/C20H32N2O4.C2H2O4/c1-4-26-13-5-10-21-20(23)16-8-11-22(12-9-16)15-17-14-18(24-2)6-7-19(17)25-3;3-1(4)2(5)6/h6-7,14,16H,4-5,8-13,15H2,1-3H3,(H,21,23);(H,3,4)(H,5,6). The minimum absolute atomic E-state index is 0.116. The Bertz CT molecular complexity index is 721. The summed E-state index contributed by atoms with van der Waals surface area (Å²) in [5.74, 6) is -1.64. The summed E-state index contributed by atoms with van der Waals surface area (Å²) in [6.07, 6.45) is 2.65. The van der Waals surface area contributed by atoms with Crippen molar-refractivity contribution in [2.24, 2.45) is 5.92 Å². The number of likely N-dealkylation sites (tertiary alicyclic amines) is 1. The second-order valence-corrected chi connectivity index (χ2v) is 7.18. The van der Waals surface area contributed by atoms with Crippen molar-refractivity contribution in [3.05, 3.63) is 23.8 Å². The minimum Gasteiger partial charge on any atom is -0.497 e. The molecule has 10 heteroatoms. The van der Waals surface area contributed by atoms with E-state index >= 15 is 0 Å². The van der Waals surface area contributed by atoms with Gasteiger partial charge in [0.2, 0.25) is 5.91 Å². The molecule has 3 N–H and O–H groups in total. The number of aliphatic carboxylic acids is 2. The van der Waals surface area contributed by atoms with E-state index in [0.717, 1.165) is 62.6 Å². The number of carbonyl (C=O) groups is 3. The molecule has 1 aromatic carbocycles. The Morgan fingerprint density at radius 3 is 2.28 bits per heavy atom. The first-order chi connectivity index (χ1) is 15.3. The van der Waals surface area contributed by atoms with Crippen LogP contribution < -0.4 is 14.8 Å². The van der Waals surface area contributed by atoms with Crippen molar-refractivity contribution < 1.29 is 38.8 Å². The third kappa shape index (κ3) is 9.97. The van der Waals surface area contributed by atoms with Gasteiger partial charge in [-0.2, -0.15) is 0 Å². The van der Waals surface area contributed by atoms with Crippen molar-refractivity contribution in [2.45, 2.75) is 32.7 Å². The maximum Gasteiger partial charge on any atom is 0.414 e. The molecule has 2 rings (SSSR count). The van der Waals surface area contributed by atoms with E-state index in [1.807, 2.05) is 25.1 Å². The Kier molecular flexibility index (Phi) is 12.8. The fourth-order valence-electron chi connectivity index (χ4n) is 3.27. The number of methoxy groups -OCH3 is 2.